The molecule has 0 unspecified atom stereocenters. The maximum absolute atomic E-state index is 13.2. The summed E-state index contributed by atoms with van der Waals surface area (Å²) in [6.45, 7) is 0.947. The van der Waals surface area contributed by atoms with Gasteiger partial charge in [0.2, 0.25) is 11.8 Å². The van der Waals surface area contributed by atoms with Gasteiger partial charge in [0.15, 0.2) is 0 Å². The highest BCUT2D eigenvalue weighted by Crippen LogP contribution is 2.24. The summed E-state index contributed by atoms with van der Waals surface area (Å²) < 4.78 is 11.8. The van der Waals surface area contributed by atoms with Gasteiger partial charge in [0.25, 0.3) is 11.8 Å². The van der Waals surface area contributed by atoms with E-state index in [1.54, 1.807) is 47.4 Å². The van der Waals surface area contributed by atoms with E-state index in [1.807, 2.05) is 0 Å². The summed E-state index contributed by atoms with van der Waals surface area (Å²) in [5, 5.41) is 15.0. The zero-order valence-electron chi connectivity index (χ0n) is 23.5. The van der Waals surface area contributed by atoms with Gasteiger partial charge in [0.05, 0.1) is 30.3 Å². The number of aliphatic carboxylic acids is 1. The number of hydrogen-bond acceptors (Lipinski definition) is 7. The molecule has 4 amide bonds. The van der Waals surface area contributed by atoms with Crippen molar-refractivity contribution in [1.82, 2.24) is 20.4 Å². The first-order chi connectivity index (χ1) is 20.2. The van der Waals surface area contributed by atoms with Crippen LogP contribution in [0.1, 0.15) is 52.8 Å². The van der Waals surface area contributed by atoms with Crippen molar-refractivity contribution in [1.29, 1.82) is 0 Å². The standard InChI is InChI=1S/C30H36N4O8/c1-33-18-26(35)31-15-7-17-41-24-11-4-2-9-21(24)28(37)32-23(30(39)40)13-14-27(36)34-16-6-8-20(34)19-42-25-12-5-3-10-22(25)29(33)38/h2-5,9-12,20,23H,6-8,13-19H2,1H3,(H,31,35)(H,32,37)(H,39,40)/t20-,23-/m0/s1. The van der Waals surface area contributed by atoms with Gasteiger partial charge in [-0.15, -0.1) is 0 Å². The van der Waals surface area contributed by atoms with Crippen molar-refractivity contribution < 1.29 is 38.6 Å². The molecule has 2 heterocycles. The van der Waals surface area contributed by atoms with Crippen LogP contribution < -0.4 is 20.1 Å². The molecule has 3 N–H and O–H groups in total. The first kappa shape index (κ1) is 30.4. The number of carbonyl (C=O) groups excluding carboxylic acids is 4. The Kier molecular flexibility index (Phi) is 10.4. The highest BCUT2D eigenvalue weighted by atomic mass is 16.5. The number of benzene rings is 2. The number of ether oxygens (including phenoxy) is 2. The molecule has 224 valence electrons. The predicted molar refractivity (Wildman–Crippen MR) is 151 cm³/mol. The minimum atomic E-state index is -1.28. The number of rotatable bonds is 1. The number of carboxylic acids is 1. The van der Waals surface area contributed by atoms with Crippen LogP contribution in [-0.2, 0) is 14.4 Å². The molecule has 0 radical (unpaired) electrons. The molecule has 2 aliphatic rings. The van der Waals surface area contributed by atoms with E-state index >= 15 is 0 Å². The first-order valence-electron chi connectivity index (χ1n) is 14.0. The van der Waals surface area contributed by atoms with E-state index in [-0.39, 0.29) is 74.2 Å². The number of likely N-dealkylation sites (N-methyl/N-ethyl adjacent to an activating group) is 1. The molecule has 1 fully saturated rings. The number of carboxylic acid groups (broad SMARTS) is 1. The van der Waals surface area contributed by atoms with E-state index in [0.717, 1.165) is 6.42 Å². The second-order valence-electron chi connectivity index (χ2n) is 10.3. The maximum atomic E-state index is 13.2. The number of carbonyl (C=O) groups is 5. The van der Waals surface area contributed by atoms with Gasteiger partial charge in [0.1, 0.15) is 24.1 Å². The highest BCUT2D eigenvalue weighted by Gasteiger charge is 2.31. The average Bonchev–Trinajstić information content (AvgIpc) is 3.46. The molecule has 0 saturated carbocycles. The van der Waals surface area contributed by atoms with Gasteiger partial charge in [-0.3, -0.25) is 19.2 Å². The lowest BCUT2D eigenvalue weighted by molar-refractivity contribution is -0.140. The topological polar surface area (TPSA) is 155 Å². The SMILES string of the molecule is CN1CC(=O)NCCCOc2ccccc2C(=O)N[C@H](C(=O)O)CCC(=O)N2CCC[C@H]2COc2ccccc2C1=O. The maximum Gasteiger partial charge on any atom is 0.326 e. The molecule has 1 saturated heterocycles. The van der Waals surface area contributed by atoms with Gasteiger partial charge in [-0.05, 0) is 49.9 Å². The molecule has 0 aliphatic carbocycles. The van der Waals surface area contributed by atoms with Crippen LogP contribution in [0.2, 0.25) is 0 Å². The van der Waals surface area contributed by atoms with Crippen LogP contribution in [-0.4, -0.2) is 96.5 Å². The normalized spacial score (nSPS) is 21.5. The largest absolute Gasteiger partial charge is 0.493 e. The lowest BCUT2D eigenvalue weighted by atomic mass is 10.1. The zero-order chi connectivity index (χ0) is 30.1. The Morgan fingerprint density at radius 2 is 1.62 bits per heavy atom. The van der Waals surface area contributed by atoms with Crippen molar-refractivity contribution in [2.45, 2.75) is 44.2 Å². The van der Waals surface area contributed by atoms with E-state index in [2.05, 4.69) is 10.6 Å². The molecular weight excluding hydrogens is 544 g/mol. The van der Waals surface area contributed by atoms with Crippen molar-refractivity contribution in [3.8, 4) is 11.5 Å². The Balaban J connectivity index is 1.54. The number of para-hydroxylation sites is 2. The fraction of sp³-hybridized carbons (Fsp3) is 0.433. The molecule has 12 nitrogen and oxygen atoms in total. The van der Waals surface area contributed by atoms with Gasteiger partial charge in [-0.2, -0.15) is 0 Å². The molecule has 4 rings (SSSR count). The molecule has 0 aromatic heterocycles. The summed E-state index contributed by atoms with van der Waals surface area (Å²) in [6.07, 6.45) is 1.71. The summed E-state index contributed by atoms with van der Waals surface area (Å²) in [7, 11) is 1.53. The quantitative estimate of drug-likeness (QED) is 0.461. The van der Waals surface area contributed by atoms with E-state index in [4.69, 9.17) is 9.47 Å². The third-order valence-electron chi connectivity index (χ3n) is 7.26. The summed E-state index contributed by atoms with van der Waals surface area (Å²) in [4.78, 5) is 66.8. The van der Waals surface area contributed by atoms with Crippen LogP contribution in [0.25, 0.3) is 0 Å². The third kappa shape index (κ3) is 7.77. The number of fused-ring (bicyclic) bond motifs is 3. The van der Waals surface area contributed by atoms with Crippen molar-refractivity contribution in [3.63, 3.8) is 0 Å². The molecule has 2 aromatic rings. The Bertz CT molecular complexity index is 1320. The van der Waals surface area contributed by atoms with Crippen LogP contribution in [0, 0.1) is 0 Å². The molecule has 2 aromatic carbocycles. The summed E-state index contributed by atoms with van der Waals surface area (Å²) in [5.41, 5.74) is 0.461. The van der Waals surface area contributed by atoms with Crippen molar-refractivity contribution in [3.05, 3.63) is 59.7 Å². The van der Waals surface area contributed by atoms with Crippen LogP contribution >= 0.6 is 0 Å². The van der Waals surface area contributed by atoms with Gasteiger partial charge < -0.3 is 35.0 Å². The van der Waals surface area contributed by atoms with E-state index in [1.165, 1.54) is 18.0 Å². The van der Waals surface area contributed by atoms with Crippen molar-refractivity contribution >= 4 is 29.6 Å². The number of nitrogens with one attached hydrogen (secondary N) is 2. The lowest BCUT2D eigenvalue weighted by Gasteiger charge is -2.26. The van der Waals surface area contributed by atoms with Crippen LogP contribution in [0.4, 0.5) is 0 Å². The second-order valence-corrected chi connectivity index (χ2v) is 10.3. The van der Waals surface area contributed by atoms with Gasteiger partial charge in [0, 0.05) is 26.6 Å². The molecule has 0 spiro atoms. The fourth-order valence-corrected chi connectivity index (χ4v) is 5.01. The predicted octanol–water partition coefficient (Wildman–Crippen LogP) is 1.69. The summed E-state index contributed by atoms with van der Waals surface area (Å²) >= 11 is 0. The highest BCUT2D eigenvalue weighted by molar-refractivity contribution is 5.99. The zero-order valence-corrected chi connectivity index (χ0v) is 23.5. The monoisotopic (exact) mass is 580 g/mol. The molecule has 2 atom stereocenters. The number of amides is 4. The smallest absolute Gasteiger partial charge is 0.326 e. The van der Waals surface area contributed by atoms with Gasteiger partial charge in [-0.25, -0.2) is 4.79 Å². The molecule has 12 heteroatoms. The van der Waals surface area contributed by atoms with Gasteiger partial charge >= 0.3 is 5.97 Å². The number of nitrogens with zero attached hydrogens (tertiary/aromatic N) is 2. The van der Waals surface area contributed by atoms with E-state index in [9.17, 15) is 29.1 Å². The lowest BCUT2D eigenvalue weighted by Crippen LogP contribution is -2.43. The number of hydrogen-bond donors (Lipinski definition) is 3. The van der Waals surface area contributed by atoms with Crippen LogP contribution in [0.5, 0.6) is 11.5 Å². The van der Waals surface area contributed by atoms with E-state index < -0.39 is 17.9 Å². The fourth-order valence-electron chi connectivity index (χ4n) is 5.01. The first-order valence-corrected chi connectivity index (χ1v) is 14.0. The van der Waals surface area contributed by atoms with Crippen molar-refractivity contribution in [2.24, 2.45) is 0 Å². The minimum Gasteiger partial charge on any atom is -0.493 e. The summed E-state index contributed by atoms with van der Waals surface area (Å²) in [5.74, 6) is -2.22. The Labute approximate surface area is 243 Å². The Hall–Kier alpha value is -4.61. The average molecular weight is 581 g/mol. The van der Waals surface area contributed by atoms with Crippen molar-refractivity contribution in [2.75, 3.05) is 39.9 Å². The Morgan fingerprint density at radius 3 is 2.36 bits per heavy atom. The van der Waals surface area contributed by atoms with Crippen LogP contribution in [0.3, 0.4) is 0 Å². The Morgan fingerprint density at radius 1 is 0.929 bits per heavy atom. The second kappa shape index (κ2) is 14.3. The van der Waals surface area contributed by atoms with Crippen LogP contribution in [0.15, 0.2) is 48.5 Å². The van der Waals surface area contributed by atoms with E-state index in [0.29, 0.717) is 30.7 Å². The minimum absolute atomic E-state index is 0.0766. The third-order valence-corrected chi connectivity index (χ3v) is 7.26. The molecule has 42 heavy (non-hydrogen) atoms. The molecule has 0 bridgehead atoms. The molecular formula is C30H36N4O8. The van der Waals surface area contributed by atoms with Gasteiger partial charge in [-0.1, -0.05) is 24.3 Å². The summed E-state index contributed by atoms with van der Waals surface area (Å²) in [6, 6.07) is 11.7. The molecule has 2 aliphatic heterocycles.